The molecular formula is C16H16N4O. The topological polar surface area (TPSA) is 65.8 Å². The molecule has 2 aromatic heterocycles. The van der Waals surface area contributed by atoms with E-state index in [1.165, 1.54) is 16.2 Å². The first kappa shape index (κ1) is 13.2. The van der Waals surface area contributed by atoms with Gasteiger partial charge in [0.2, 0.25) is 0 Å². The Kier molecular flexibility index (Phi) is 3.31. The van der Waals surface area contributed by atoms with Crippen molar-refractivity contribution < 1.29 is 0 Å². The molecule has 21 heavy (non-hydrogen) atoms. The summed E-state index contributed by atoms with van der Waals surface area (Å²) in [4.78, 5) is 11.5. The molecule has 0 bridgehead atoms. The van der Waals surface area contributed by atoms with Crippen LogP contribution in [0.1, 0.15) is 5.56 Å². The van der Waals surface area contributed by atoms with Crippen LogP contribution in [0, 0.1) is 0 Å². The van der Waals surface area contributed by atoms with Crippen molar-refractivity contribution in [1.29, 1.82) is 0 Å². The van der Waals surface area contributed by atoms with Gasteiger partial charge in [-0.3, -0.25) is 9.48 Å². The molecule has 0 aliphatic rings. The van der Waals surface area contributed by atoms with Gasteiger partial charge in [-0.25, -0.2) is 0 Å². The Labute approximate surface area is 122 Å². The van der Waals surface area contributed by atoms with Crippen LogP contribution in [-0.2, 0) is 13.6 Å². The lowest BCUT2D eigenvalue weighted by atomic mass is 10.1. The van der Waals surface area contributed by atoms with Crippen LogP contribution >= 0.6 is 0 Å². The number of pyridine rings is 1. The molecule has 0 fully saturated rings. The molecule has 2 N–H and O–H groups in total. The maximum Gasteiger partial charge on any atom is 0.252 e. The highest BCUT2D eigenvalue weighted by molar-refractivity contribution is 5.74. The van der Waals surface area contributed by atoms with Crippen molar-refractivity contribution >= 4 is 5.69 Å². The maximum atomic E-state index is 11.5. The number of nitrogens with zero attached hydrogens (tertiary/aromatic N) is 3. The molecule has 2 heterocycles. The third-order valence-electron chi connectivity index (χ3n) is 3.39. The first-order valence-corrected chi connectivity index (χ1v) is 6.66. The van der Waals surface area contributed by atoms with E-state index in [9.17, 15) is 4.79 Å². The van der Waals surface area contributed by atoms with E-state index in [0.717, 1.165) is 11.1 Å². The molecule has 0 saturated carbocycles. The number of anilines is 1. The summed E-state index contributed by atoms with van der Waals surface area (Å²) in [5, 5.41) is 4.35. The molecule has 0 amide bonds. The van der Waals surface area contributed by atoms with E-state index < -0.39 is 0 Å². The van der Waals surface area contributed by atoms with Gasteiger partial charge >= 0.3 is 0 Å². The third kappa shape index (κ3) is 2.72. The zero-order valence-corrected chi connectivity index (χ0v) is 11.7. The van der Waals surface area contributed by atoms with Crippen LogP contribution in [0.2, 0.25) is 0 Å². The fourth-order valence-electron chi connectivity index (χ4n) is 2.25. The Morgan fingerprint density at radius 3 is 2.71 bits per heavy atom. The van der Waals surface area contributed by atoms with Crippen molar-refractivity contribution in [2.24, 2.45) is 7.05 Å². The van der Waals surface area contributed by atoms with Gasteiger partial charge in [-0.2, -0.15) is 5.10 Å². The highest BCUT2D eigenvalue weighted by Crippen LogP contribution is 2.23. The zero-order chi connectivity index (χ0) is 14.8. The van der Waals surface area contributed by atoms with Crippen LogP contribution in [-0.4, -0.2) is 14.3 Å². The molecule has 0 atom stereocenters. The Morgan fingerprint density at radius 1 is 1.19 bits per heavy atom. The fraction of sp³-hybridized carbons (Fsp3) is 0.125. The number of hydrogen-bond donors (Lipinski definition) is 1. The van der Waals surface area contributed by atoms with Crippen molar-refractivity contribution in [3.63, 3.8) is 0 Å². The molecule has 5 heteroatoms. The molecule has 5 nitrogen and oxygen atoms in total. The fourth-order valence-corrected chi connectivity index (χ4v) is 2.25. The number of benzene rings is 1. The van der Waals surface area contributed by atoms with Crippen molar-refractivity contribution in [2.45, 2.75) is 6.54 Å². The van der Waals surface area contributed by atoms with Gasteiger partial charge in [0.05, 0.1) is 12.7 Å². The quantitative estimate of drug-likeness (QED) is 0.796. The minimum atomic E-state index is -0.118. The molecular weight excluding hydrogens is 264 g/mol. The molecule has 0 spiro atoms. The molecule has 3 rings (SSSR count). The van der Waals surface area contributed by atoms with Gasteiger partial charge in [-0.15, -0.1) is 0 Å². The van der Waals surface area contributed by atoms with Crippen LogP contribution in [0.15, 0.2) is 59.8 Å². The molecule has 0 radical (unpaired) electrons. The van der Waals surface area contributed by atoms with Crippen LogP contribution < -0.4 is 11.3 Å². The number of rotatable bonds is 3. The summed E-state index contributed by atoms with van der Waals surface area (Å²) in [5.41, 5.74) is 9.18. The first-order chi connectivity index (χ1) is 10.1. The van der Waals surface area contributed by atoms with Gasteiger partial charge in [0.25, 0.3) is 5.56 Å². The van der Waals surface area contributed by atoms with E-state index in [4.69, 9.17) is 5.73 Å². The summed E-state index contributed by atoms with van der Waals surface area (Å²) in [6, 6.07) is 11.5. The normalized spacial score (nSPS) is 10.7. The van der Waals surface area contributed by atoms with Crippen LogP contribution in [0.5, 0.6) is 0 Å². The minimum absolute atomic E-state index is 0.118. The van der Waals surface area contributed by atoms with E-state index in [2.05, 4.69) is 17.2 Å². The van der Waals surface area contributed by atoms with Gasteiger partial charge in [0, 0.05) is 42.3 Å². The lowest BCUT2D eigenvalue weighted by Gasteiger charge is -2.05. The molecule has 0 aliphatic heterocycles. The molecule has 1 aromatic carbocycles. The third-order valence-corrected chi connectivity index (χ3v) is 3.39. The molecule has 3 aromatic rings. The van der Waals surface area contributed by atoms with Gasteiger partial charge in [-0.1, -0.05) is 30.3 Å². The van der Waals surface area contributed by atoms with Crippen molar-refractivity contribution in [3.05, 3.63) is 70.9 Å². The van der Waals surface area contributed by atoms with Gasteiger partial charge < -0.3 is 10.3 Å². The van der Waals surface area contributed by atoms with E-state index in [0.29, 0.717) is 12.2 Å². The highest BCUT2D eigenvalue weighted by Gasteiger charge is 2.08. The second kappa shape index (κ2) is 5.28. The number of nitrogens with two attached hydrogens (primary N) is 1. The predicted molar refractivity (Wildman–Crippen MR) is 82.9 cm³/mol. The number of hydrogen-bond acceptors (Lipinski definition) is 3. The Hall–Kier alpha value is -2.82. The molecule has 0 saturated heterocycles. The number of aromatic nitrogens is 3. The van der Waals surface area contributed by atoms with Gasteiger partial charge in [-0.05, 0) is 5.56 Å². The summed E-state index contributed by atoms with van der Waals surface area (Å²) in [6.07, 6.45) is 5.43. The van der Waals surface area contributed by atoms with E-state index >= 15 is 0 Å². The van der Waals surface area contributed by atoms with Gasteiger partial charge in [0.1, 0.15) is 0 Å². The smallest absolute Gasteiger partial charge is 0.252 e. The number of aryl methyl sites for hydroxylation is 1. The van der Waals surface area contributed by atoms with E-state index in [1.54, 1.807) is 19.4 Å². The van der Waals surface area contributed by atoms with Crippen LogP contribution in [0.4, 0.5) is 5.69 Å². The largest absolute Gasteiger partial charge is 0.398 e. The summed E-state index contributed by atoms with van der Waals surface area (Å²) >= 11 is 0. The van der Waals surface area contributed by atoms with Crippen molar-refractivity contribution in [1.82, 2.24) is 14.3 Å². The lowest BCUT2D eigenvalue weighted by Crippen LogP contribution is -2.16. The van der Waals surface area contributed by atoms with E-state index in [-0.39, 0.29) is 5.56 Å². The zero-order valence-electron chi connectivity index (χ0n) is 11.7. The Bertz CT molecular complexity index is 818. The molecule has 0 aliphatic carbocycles. The Balaban J connectivity index is 1.92. The van der Waals surface area contributed by atoms with Crippen LogP contribution in [0.3, 0.4) is 0 Å². The summed E-state index contributed by atoms with van der Waals surface area (Å²) < 4.78 is 3.37. The average Bonchev–Trinajstić information content (AvgIpc) is 2.92. The maximum absolute atomic E-state index is 11.5. The van der Waals surface area contributed by atoms with Crippen molar-refractivity contribution in [3.8, 4) is 11.1 Å². The first-order valence-electron chi connectivity index (χ1n) is 6.66. The number of nitrogen functional groups attached to an aromatic ring is 1. The summed E-state index contributed by atoms with van der Waals surface area (Å²) in [6.45, 7) is 0.701. The SMILES string of the molecule is Cn1cc(-c2cnn(Cc3ccccc3)c2)c(N)cc1=O. The second-order valence-corrected chi connectivity index (χ2v) is 5.00. The van der Waals surface area contributed by atoms with Crippen molar-refractivity contribution in [2.75, 3.05) is 5.73 Å². The minimum Gasteiger partial charge on any atom is -0.398 e. The average molecular weight is 280 g/mol. The predicted octanol–water partition coefficient (Wildman–Crippen LogP) is 1.88. The monoisotopic (exact) mass is 280 g/mol. The summed E-state index contributed by atoms with van der Waals surface area (Å²) in [7, 11) is 1.71. The van der Waals surface area contributed by atoms with Crippen LogP contribution in [0.25, 0.3) is 11.1 Å². The highest BCUT2D eigenvalue weighted by atomic mass is 16.1. The lowest BCUT2D eigenvalue weighted by molar-refractivity contribution is 0.687. The summed E-state index contributed by atoms with van der Waals surface area (Å²) in [5.74, 6) is 0. The molecule has 0 unspecified atom stereocenters. The standard InChI is InChI=1S/C16H16N4O/c1-19-11-14(15(17)7-16(19)21)13-8-18-20(10-13)9-12-5-3-2-4-6-12/h2-8,10-11H,9,17H2,1H3. The van der Waals surface area contributed by atoms with Gasteiger partial charge in [0.15, 0.2) is 0 Å². The Morgan fingerprint density at radius 2 is 1.95 bits per heavy atom. The van der Waals surface area contributed by atoms with E-state index in [1.807, 2.05) is 29.1 Å². The second-order valence-electron chi connectivity index (χ2n) is 5.00. The molecule has 106 valence electrons.